The van der Waals surface area contributed by atoms with Crippen LogP contribution < -0.4 is 4.90 Å². The van der Waals surface area contributed by atoms with E-state index in [2.05, 4.69) is 199 Å². The Morgan fingerprint density at radius 2 is 0.704 bits per heavy atom. The lowest BCUT2D eigenvalue weighted by atomic mass is 9.97. The number of anilines is 3. The molecule has 0 aliphatic heterocycles. The zero-order valence-electron chi connectivity index (χ0n) is 29.6. The molecule has 0 N–H and O–H groups in total. The van der Waals surface area contributed by atoms with Crippen molar-refractivity contribution in [3.8, 4) is 44.7 Å². The molecular weight excluding hydrogens is 655 g/mol. The van der Waals surface area contributed by atoms with Crippen molar-refractivity contribution < 1.29 is 4.42 Å². The van der Waals surface area contributed by atoms with Gasteiger partial charge < -0.3 is 9.32 Å². The molecule has 1 aromatic heterocycles. The zero-order chi connectivity index (χ0) is 35.8. The van der Waals surface area contributed by atoms with E-state index in [1.54, 1.807) is 0 Å². The molecule has 2 nitrogen and oxygen atoms in total. The maximum absolute atomic E-state index is 6.19. The van der Waals surface area contributed by atoms with Crippen LogP contribution in [0.3, 0.4) is 0 Å². The third kappa shape index (κ3) is 6.00. The molecule has 1 heterocycles. The van der Waals surface area contributed by atoms with Gasteiger partial charge in [0.05, 0.1) is 0 Å². The minimum atomic E-state index is 0.876. The summed E-state index contributed by atoms with van der Waals surface area (Å²) < 4.78 is 6.19. The van der Waals surface area contributed by atoms with E-state index in [0.717, 1.165) is 50.5 Å². The highest BCUT2D eigenvalue weighted by atomic mass is 16.3. The lowest BCUT2D eigenvalue weighted by Crippen LogP contribution is -2.09. The minimum Gasteiger partial charge on any atom is -0.456 e. The Morgan fingerprint density at radius 3 is 1.33 bits per heavy atom. The van der Waals surface area contributed by atoms with Crippen LogP contribution in [0.1, 0.15) is 0 Å². The molecule has 0 fully saturated rings. The minimum absolute atomic E-state index is 0.876. The molecule has 2 heteroatoms. The Hall–Kier alpha value is -7.16. The SMILES string of the molecule is c1cc(-c2ccc(N(c3ccc(-c4cccc(-c5cc6ccccc6o5)c4)cc3)c3ccc4ccccc4c3)cc2)cc(-c2ccc3ccccc3c2)c1. The van der Waals surface area contributed by atoms with E-state index >= 15 is 0 Å². The number of fused-ring (bicyclic) bond motifs is 3. The summed E-state index contributed by atoms with van der Waals surface area (Å²) in [6, 6.07) is 76.0. The van der Waals surface area contributed by atoms with Crippen LogP contribution in [-0.2, 0) is 0 Å². The van der Waals surface area contributed by atoms with Crippen LogP contribution in [0, 0.1) is 0 Å². The van der Waals surface area contributed by atoms with Gasteiger partial charge in [-0.3, -0.25) is 0 Å². The molecule has 10 aromatic rings. The summed E-state index contributed by atoms with van der Waals surface area (Å²) in [4.78, 5) is 2.34. The molecule has 0 saturated carbocycles. The van der Waals surface area contributed by atoms with E-state index in [1.165, 1.54) is 43.8 Å². The monoisotopic (exact) mass is 689 g/mol. The van der Waals surface area contributed by atoms with Gasteiger partial charge in [-0.05, 0) is 122 Å². The van der Waals surface area contributed by atoms with Gasteiger partial charge in [0.2, 0.25) is 0 Å². The Balaban J connectivity index is 0.989. The van der Waals surface area contributed by atoms with Gasteiger partial charge in [-0.2, -0.15) is 0 Å². The normalized spacial score (nSPS) is 11.3. The van der Waals surface area contributed by atoms with Crippen molar-refractivity contribution in [3.05, 3.63) is 212 Å². The molecule has 0 saturated heterocycles. The topological polar surface area (TPSA) is 16.4 Å². The summed E-state index contributed by atoms with van der Waals surface area (Å²) >= 11 is 0. The number of hydrogen-bond donors (Lipinski definition) is 0. The number of nitrogens with zero attached hydrogens (tertiary/aromatic N) is 1. The molecule has 0 atom stereocenters. The van der Waals surface area contributed by atoms with Gasteiger partial charge in [-0.15, -0.1) is 0 Å². The predicted molar refractivity (Wildman–Crippen MR) is 228 cm³/mol. The summed E-state index contributed by atoms with van der Waals surface area (Å²) in [5.41, 5.74) is 12.4. The highest BCUT2D eigenvalue weighted by Gasteiger charge is 2.15. The summed E-state index contributed by atoms with van der Waals surface area (Å²) in [6.45, 7) is 0. The van der Waals surface area contributed by atoms with Crippen molar-refractivity contribution in [2.45, 2.75) is 0 Å². The Bertz CT molecular complexity index is 2900. The van der Waals surface area contributed by atoms with E-state index in [-0.39, 0.29) is 0 Å². The van der Waals surface area contributed by atoms with E-state index in [1.807, 2.05) is 18.2 Å². The summed E-state index contributed by atoms with van der Waals surface area (Å²) in [5, 5.41) is 6.05. The third-order valence-corrected chi connectivity index (χ3v) is 10.4. The van der Waals surface area contributed by atoms with Crippen LogP contribution in [0.25, 0.3) is 77.2 Å². The van der Waals surface area contributed by atoms with Gasteiger partial charge in [0, 0.05) is 28.0 Å². The second kappa shape index (κ2) is 13.4. The predicted octanol–water partition coefficient (Wildman–Crippen LogP) is 14.9. The van der Waals surface area contributed by atoms with Crippen LogP contribution in [0.4, 0.5) is 17.1 Å². The van der Waals surface area contributed by atoms with Crippen LogP contribution in [-0.4, -0.2) is 0 Å². The van der Waals surface area contributed by atoms with Gasteiger partial charge in [-0.1, -0.05) is 146 Å². The highest BCUT2D eigenvalue weighted by molar-refractivity contribution is 5.91. The molecule has 10 rings (SSSR count). The molecule has 9 aromatic carbocycles. The quantitative estimate of drug-likeness (QED) is 0.166. The fourth-order valence-electron chi connectivity index (χ4n) is 7.59. The van der Waals surface area contributed by atoms with Crippen molar-refractivity contribution in [1.29, 1.82) is 0 Å². The molecule has 0 aliphatic rings. The van der Waals surface area contributed by atoms with Crippen LogP contribution in [0.15, 0.2) is 217 Å². The fraction of sp³-hybridized carbons (Fsp3) is 0. The maximum Gasteiger partial charge on any atom is 0.135 e. The molecule has 0 radical (unpaired) electrons. The molecular formula is C52H35NO. The smallest absolute Gasteiger partial charge is 0.135 e. The first kappa shape index (κ1) is 31.6. The van der Waals surface area contributed by atoms with Crippen molar-refractivity contribution >= 4 is 49.6 Å². The average Bonchev–Trinajstić information content (AvgIpc) is 3.69. The molecule has 0 spiro atoms. The molecule has 0 aliphatic carbocycles. The van der Waals surface area contributed by atoms with Gasteiger partial charge >= 0.3 is 0 Å². The van der Waals surface area contributed by atoms with Crippen molar-refractivity contribution in [1.82, 2.24) is 0 Å². The zero-order valence-corrected chi connectivity index (χ0v) is 29.6. The standard InChI is InChI=1S/C52H35NO/c1-3-11-40-32-45(20-19-36(40)9-1)43-16-7-14-41(31-43)38-21-26-48(27-22-38)53(50-30-25-37-10-2-4-12-44(37)34-50)49-28-23-39(24-29-49)42-15-8-17-46(33-42)52-35-47-13-5-6-18-51(47)54-52/h1-35H. The van der Waals surface area contributed by atoms with E-state index in [0.29, 0.717) is 0 Å². The van der Waals surface area contributed by atoms with Crippen LogP contribution >= 0.6 is 0 Å². The molecule has 0 unspecified atom stereocenters. The van der Waals surface area contributed by atoms with Crippen molar-refractivity contribution in [2.75, 3.05) is 4.90 Å². The van der Waals surface area contributed by atoms with Crippen molar-refractivity contribution in [2.24, 2.45) is 0 Å². The highest BCUT2D eigenvalue weighted by Crippen LogP contribution is 2.39. The van der Waals surface area contributed by atoms with Gasteiger partial charge in [0.25, 0.3) is 0 Å². The summed E-state index contributed by atoms with van der Waals surface area (Å²) in [6.07, 6.45) is 0. The number of furan rings is 1. The first-order chi connectivity index (χ1) is 26.7. The first-order valence-electron chi connectivity index (χ1n) is 18.4. The second-order valence-electron chi connectivity index (χ2n) is 13.8. The van der Waals surface area contributed by atoms with E-state index in [9.17, 15) is 0 Å². The first-order valence-corrected chi connectivity index (χ1v) is 18.4. The number of rotatable bonds is 7. The third-order valence-electron chi connectivity index (χ3n) is 10.4. The lowest BCUT2D eigenvalue weighted by Gasteiger charge is -2.26. The number of benzene rings is 9. The largest absolute Gasteiger partial charge is 0.456 e. The van der Waals surface area contributed by atoms with Crippen LogP contribution in [0.2, 0.25) is 0 Å². The van der Waals surface area contributed by atoms with Crippen LogP contribution in [0.5, 0.6) is 0 Å². The van der Waals surface area contributed by atoms with Crippen molar-refractivity contribution in [3.63, 3.8) is 0 Å². The fourth-order valence-corrected chi connectivity index (χ4v) is 7.59. The lowest BCUT2D eigenvalue weighted by molar-refractivity contribution is 0.631. The van der Waals surface area contributed by atoms with E-state index in [4.69, 9.17) is 4.42 Å². The Morgan fingerprint density at radius 1 is 0.259 bits per heavy atom. The molecule has 54 heavy (non-hydrogen) atoms. The Kier molecular flexibility index (Phi) is 7.85. The second-order valence-corrected chi connectivity index (χ2v) is 13.8. The summed E-state index contributed by atoms with van der Waals surface area (Å²) in [5.74, 6) is 0.876. The van der Waals surface area contributed by atoms with Gasteiger partial charge in [0.15, 0.2) is 0 Å². The van der Waals surface area contributed by atoms with Gasteiger partial charge in [-0.25, -0.2) is 0 Å². The molecule has 254 valence electrons. The molecule has 0 amide bonds. The average molecular weight is 690 g/mol. The summed E-state index contributed by atoms with van der Waals surface area (Å²) in [7, 11) is 0. The van der Waals surface area contributed by atoms with E-state index < -0.39 is 0 Å². The Labute approximate surface area is 314 Å². The number of hydrogen-bond acceptors (Lipinski definition) is 2. The van der Waals surface area contributed by atoms with Gasteiger partial charge in [0.1, 0.15) is 11.3 Å². The number of para-hydroxylation sites is 1. The molecule has 0 bridgehead atoms. The maximum atomic E-state index is 6.19.